The molecule has 0 spiro atoms. The number of thiazole rings is 1. The molecule has 0 saturated heterocycles. The number of β-amino-alcohol motifs (C(OH)–C–C–N with tert-alkyl or cyclic N) is 1. The molecular weight excluding hydrogens is 246 g/mol. The van der Waals surface area contributed by atoms with Gasteiger partial charge in [-0.25, -0.2) is 4.98 Å². The smallest absolute Gasteiger partial charge is 0.345 e. The van der Waals surface area contributed by atoms with Crippen molar-refractivity contribution in [3.05, 3.63) is 16.3 Å². The van der Waals surface area contributed by atoms with E-state index in [4.69, 9.17) is 5.11 Å². The number of hydrogen-bond acceptors (Lipinski definition) is 8. The number of aliphatic hydroxyl groups excluding tert-OH is 1. The summed E-state index contributed by atoms with van der Waals surface area (Å²) >= 11 is 0.957. The van der Waals surface area contributed by atoms with Gasteiger partial charge in [-0.05, 0) is 11.3 Å². The summed E-state index contributed by atoms with van der Waals surface area (Å²) in [5.41, 5.74) is 0. The average Bonchev–Trinajstić information content (AvgIpc) is 2.90. The molecule has 9 heteroatoms. The molecule has 92 valence electrons. The maximum absolute atomic E-state index is 10.5. The van der Waals surface area contributed by atoms with Gasteiger partial charge < -0.3 is 15.3 Å². The number of nitrogens with one attached hydrogen (secondary N) is 1. The van der Waals surface area contributed by atoms with Gasteiger partial charge in [-0.2, -0.15) is 0 Å². The maximum Gasteiger partial charge on any atom is 0.345 e. The molecule has 8 nitrogen and oxygen atoms in total. The zero-order valence-corrected chi connectivity index (χ0v) is 9.68. The van der Waals surface area contributed by atoms with Crippen LogP contribution in [0.15, 0.2) is 11.2 Å². The third-order valence-corrected chi connectivity index (χ3v) is 3.06. The number of aromatic nitrogens is 1. The summed E-state index contributed by atoms with van der Waals surface area (Å²) in [6, 6.07) is 0. The van der Waals surface area contributed by atoms with Crippen LogP contribution in [-0.2, 0) is 0 Å². The molecule has 0 bridgehead atoms. The van der Waals surface area contributed by atoms with Gasteiger partial charge in [-0.1, -0.05) is 0 Å². The number of anilines is 1. The number of nitrogens with zero attached hydrogens (tertiary/aromatic N) is 4. The normalized spacial score (nSPS) is 14.9. The Bertz CT molecular complexity index is 446. The van der Waals surface area contributed by atoms with Crippen molar-refractivity contribution < 1.29 is 10.0 Å². The van der Waals surface area contributed by atoms with Crippen LogP contribution in [0.4, 0.5) is 10.1 Å². The third kappa shape index (κ3) is 2.68. The van der Waals surface area contributed by atoms with E-state index >= 15 is 0 Å². The molecule has 0 atom stereocenters. The van der Waals surface area contributed by atoms with Crippen LogP contribution < -0.4 is 5.32 Å². The molecule has 1 aromatic rings. The van der Waals surface area contributed by atoms with Crippen molar-refractivity contribution >= 4 is 27.4 Å². The van der Waals surface area contributed by atoms with Crippen LogP contribution in [0.2, 0.25) is 0 Å². The van der Waals surface area contributed by atoms with Crippen molar-refractivity contribution in [1.82, 2.24) is 9.88 Å². The highest BCUT2D eigenvalue weighted by Gasteiger charge is 2.19. The molecule has 0 fully saturated rings. The lowest BCUT2D eigenvalue weighted by atomic mass is 10.5. The summed E-state index contributed by atoms with van der Waals surface area (Å²) < 4.78 is 0. The summed E-state index contributed by atoms with van der Waals surface area (Å²) in [5, 5.41) is 22.7. The molecule has 2 rings (SSSR count). The van der Waals surface area contributed by atoms with Gasteiger partial charge in [0, 0.05) is 13.1 Å². The van der Waals surface area contributed by atoms with Crippen molar-refractivity contribution in [3.63, 3.8) is 0 Å². The van der Waals surface area contributed by atoms with E-state index in [0.717, 1.165) is 17.9 Å². The fraction of sp³-hybridized carbons (Fsp3) is 0.500. The largest absolute Gasteiger partial charge is 0.395 e. The second-order valence-corrected chi connectivity index (χ2v) is 4.31. The highest BCUT2D eigenvalue weighted by Crippen LogP contribution is 2.25. The molecule has 1 aromatic heterocycles. The van der Waals surface area contributed by atoms with Crippen LogP contribution >= 0.6 is 11.3 Å². The van der Waals surface area contributed by atoms with Gasteiger partial charge in [-0.15, -0.1) is 0 Å². The lowest BCUT2D eigenvalue weighted by molar-refractivity contribution is -0.380. The Kier molecular flexibility index (Phi) is 3.49. The van der Waals surface area contributed by atoms with Crippen molar-refractivity contribution in [2.75, 3.05) is 31.6 Å². The predicted octanol–water partition coefficient (Wildman–Crippen LogP) is 0.127. The molecule has 0 unspecified atom stereocenters. The van der Waals surface area contributed by atoms with Crippen LogP contribution in [-0.4, -0.2) is 52.1 Å². The lowest BCUT2D eigenvalue weighted by Gasteiger charge is -2.18. The van der Waals surface area contributed by atoms with E-state index in [1.54, 1.807) is 0 Å². The van der Waals surface area contributed by atoms with E-state index in [2.05, 4.69) is 15.3 Å². The van der Waals surface area contributed by atoms with Crippen LogP contribution in [0.5, 0.6) is 0 Å². The highest BCUT2D eigenvalue weighted by atomic mass is 32.1. The maximum atomic E-state index is 10.5. The van der Waals surface area contributed by atoms with Gasteiger partial charge >= 0.3 is 5.00 Å². The number of hydrogen-bond donors (Lipinski definition) is 2. The molecule has 0 amide bonds. The second kappa shape index (κ2) is 5.06. The van der Waals surface area contributed by atoms with E-state index in [1.807, 2.05) is 4.90 Å². The molecule has 0 aliphatic carbocycles. The molecule has 2 heterocycles. The van der Waals surface area contributed by atoms with Gasteiger partial charge in [0.1, 0.15) is 6.20 Å². The van der Waals surface area contributed by atoms with Gasteiger partial charge in [0.15, 0.2) is 11.1 Å². The van der Waals surface area contributed by atoms with Crippen LogP contribution in [0.25, 0.3) is 0 Å². The minimum Gasteiger partial charge on any atom is -0.395 e. The molecule has 0 aromatic carbocycles. The van der Waals surface area contributed by atoms with E-state index in [9.17, 15) is 10.1 Å². The Labute approximate surface area is 101 Å². The number of aliphatic imine (C=N–C) groups is 1. The Hall–Kier alpha value is -1.74. The Morgan fingerprint density at radius 1 is 1.71 bits per heavy atom. The molecule has 1 aliphatic rings. The minimum absolute atomic E-state index is 0.0141. The van der Waals surface area contributed by atoms with E-state index < -0.39 is 4.92 Å². The predicted molar refractivity (Wildman–Crippen MR) is 63.4 cm³/mol. The fourth-order valence-corrected chi connectivity index (χ4v) is 2.07. The SMILES string of the molecule is O=[N+]([O-])c1cnc(NC2=NCCN2CCO)s1. The zero-order valence-electron chi connectivity index (χ0n) is 8.87. The highest BCUT2D eigenvalue weighted by molar-refractivity contribution is 7.18. The van der Waals surface area contributed by atoms with Crippen molar-refractivity contribution in [2.45, 2.75) is 0 Å². The first-order valence-electron chi connectivity index (χ1n) is 4.98. The standard InChI is InChI=1S/C8H11N5O3S/c14-4-3-12-2-1-9-7(12)11-8-10-5-6(17-8)13(15)16/h5,14H,1-4H2,(H,9,10,11). The second-order valence-electron chi connectivity index (χ2n) is 3.30. The molecule has 0 saturated carbocycles. The summed E-state index contributed by atoms with van der Waals surface area (Å²) in [7, 11) is 0. The first-order chi connectivity index (χ1) is 8.20. The molecule has 2 N–H and O–H groups in total. The first kappa shape index (κ1) is 11.7. The summed E-state index contributed by atoms with van der Waals surface area (Å²) in [6.07, 6.45) is 1.21. The third-order valence-electron chi connectivity index (χ3n) is 2.19. The van der Waals surface area contributed by atoms with Crippen molar-refractivity contribution in [1.29, 1.82) is 0 Å². The van der Waals surface area contributed by atoms with Crippen molar-refractivity contribution in [3.8, 4) is 0 Å². The topological polar surface area (TPSA) is 104 Å². The zero-order chi connectivity index (χ0) is 12.3. The molecule has 1 aliphatic heterocycles. The molecule has 0 radical (unpaired) electrons. The minimum atomic E-state index is -0.481. The first-order valence-corrected chi connectivity index (χ1v) is 5.80. The van der Waals surface area contributed by atoms with Crippen LogP contribution in [0.3, 0.4) is 0 Å². The summed E-state index contributed by atoms with van der Waals surface area (Å²) in [6.45, 7) is 1.91. The number of guanidine groups is 1. The van der Waals surface area contributed by atoms with E-state index in [0.29, 0.717) is 24.2 Å². The number of aliphatic hydroxyl groups is 1. The van der Waals surface area contributed by atoms with Crippen molar-refractivity contribution in [2.24, 2.45) is 4.99 Å². The Balaban J connectivity index is 2.02. The molecule has 17 heavy (non-hydrogen) atoms. The molecular formula is C8H11N5O3S. The van der Waals surface area contributed by atoms with Gasteiger partial charge in [-0.3, -0.25) is 15.1 Å². The fourth-order valence-electron chi connectivity index (χ4n) is 1.44. The van der Waals surface area contributed by atoms with Crippen LogP contribution in [0, 0.1) is 10.1 Å². The van der Waals surface area contributed by atoms with Crippen LogP contribution in [0.1, 0.15) is 0 Å². The van der Waals surface area contributed by atoms with E-state index in [1.165, 1.54) is 6.20 Å². The Morgan fingerprint density at radius 2 is 2.53 bits per heavy atom. The lowest BCUT2D eigenvalue weighted by Crippen LogP contribution is -2.35. The monoisotopic (exact) mass is 257 g/mol. The van der Waals surface area contributed by atoms with Gasteiger partial charge in [0.05, 0.1) is 18.1 Å². The van der Waals surface area contributed by atoms with E-state index in [-0.39, 0.29) is 11.6 Å². The average molecular weight is 257 g/mol. The number of nitro groups is 1. The summed E-state index contributed by atoms with van der Waals surface area (Å²) in [4.78, 5) is 20.0. The van der Waals surface area contributed by atoms with Gasteiger partial charge in [0.25, 0.3) is 0 Å². The number of rotatable bonds is 4. The Morgan fingerprint density at radius 3 is 3.18 bits per heavy atom. The summed E-state index contributed by atoms with van der Waals surface area (Å²) in [5.74, 6) is 0.600. The van der Waals surface area contributed by atoms with Gasteiger partial charge in [0.2, 0.25) is 0 Å². The quantitative estimate of drug-likeness (QED) is 0.586.